The highest BCUT2D eigenvalue weighted by molar-refractivity contribution is 5.77. The molecular formula is C14H17N3O2. The number of hydrogen-bond acceptors (Lipinski definition) is 3. The van der Waals surface area contributed by atoms with Crippen LogP contribution in [0.1, 0.15) is 23.9 Å². The molecule has 1 aromatic carbocycles. The van der Waals surface area contributed by atoms with Crippen LogP contribution in [0, 0.1) is 12.8 Å². The lowest BCUT2D eigenvalue weighted by molar-refractivity contribution is -0.141. The van der Waals surface area contributed by atoms with Crippen molar-refractivity contribution in [2.45, 2.75) is 19.4 Å². The summed E-state index contributed by atoms with van der Waals surface area (Å²) in [7, 11) is 2.00. The molecular weight excluding hydrogens is 242 g/mol. The summed E-state index contributed by atoms with van der Waals surface area (Å²) in [5, 5.41) is 12.3. The fourth-order valence-electron chi connectivity index (χ4n) is 2.72. The van der Waals surface area contributed by atoms with E-state index in [9.17, 15) is 4.79 Å². The average Bonchev–Trinajstić information content (AvgIpc) is 2.96. The SMILES string of the molecule is Cc1nc2ccc(C3CC(C(=O)O)CN3)cc2n1C. The third kappa shape index (κ3) is 2.00. The second-order valence-corrected chi connectivity index (χ2v) is 5.20. The van der Waals surface area contributed by atoms with Crippen molar-refractivity contribution in [2.75, 3.05) is 6.54 Å². The number of rotatable bonds is 2. The van der Waals surface area contributed by atoms with E-state index in [1.54, 1.807) is 0 Å². The molecule has 0 aliphatic carbocycles. The van der Waals surface area contributed by atoms with Crippen molar-refractivity contribution in [2.24, 2.45) is 13.0 Å². The summed E-state index contributed by atoms with van der Waals surface area (Å²) in [6.07, 6.45) is 0.650. The van der Waals surface area contributed by atoms with Gasteiger partial charge in [0, 0.05) is 19.6 Å². The smallest absolute Gasteiger partial charge is 0.307 e. The Morgan fingerprint density at radius 2 is 2.32 bits per heavy atom. The molecule has 1 saturated heterocycles. The number of aliphatic carboxylic acids is 1. The third-order valence-corrected chi connectivity index (χ3v) is 4.01. The highest BCUT2D eigenvalue weighted by Gasteiger charge is 2.30. The summed E-state index contributed by atoms with van der Waals surface area (Å²) >= 11 is 0. The zero-order chi connectivity index (χ0) is 13.6. The number of aryl methyl sites for hydroxylation is 2. The Balaban J connectivity index is 1.94. The summed E-state index contributed by atoms with van der Waals surface area (Å²) < 4.78 is 2.06. The summed E-state index contributed by atoms with van der Waals surface area (Å²) in [6.45, 7) is 2.52. The molecule has 0 spiro atoms. The van der Waals surface area contributed by atoms with Crippen molar-refractivity contribution in [3.05, 3.63) is 29.6 Å². The maximum absolute atomic E-state index is 11.0. The molecule has 0 amide bonds. The van der Waals surface area contributed by atoms with E-state index in [4.69, 9.17) is 5.11 Å². The lowest BCUT2D eigenvalue weighted by atomic mass is 10.00. The number of nitrogens with one attached hydrogen (secondary N) is 1. The van der Waals surface area contributed by atoms with E-state index in [1.807, 2.05) is 26.1 Å². The number of benzene rings is 1. The fourth-order valence-corrected chi connectivity index (χ4v) is 2.72. The maximum atomic E-state index is 11.0. The Labute approximate surface area is 111 Å². The summed E-state index contributed by atoms with van der Waals surface area (Å²) in [6, 6.07) is 6.28. The highest BCUT2D eigenvalue weighted by Crippen LogP contribution is 2.29. The van der Waals surface area contributed by atoms with Crippen LogP contribution in [0.25, 0.3) is 11.0 Å². The molecule has 19 heavy (non-hydrogen) atoms. The van der Waals surface area contributed by atoms with Crippen LogP contribution < -0.4 is 5.32 Å². The molecule has 5 heteroatoms. The topological polar surface area (TPSA) is 67.2 Å². The van der Waals surface area contributed by atoms with Gasteiger partial charge in [-0.05, 0) is 31.0 Å². The summed E-state index contributed by atoms with van der Waals surface area (Å²) in [5.74, 6) is -0.0173. The molecule has 2 atom stereocenters. The molecule has 1 aromatic heterocycles. The van der Waals surface area contributed by atoms with Gasteiger partial charge >= 0.3 is 5.97 Å². The molecule has 2 N–H and O–H groups in total. The first-order valence-electron chi connectivity index (χ1n) is 6.45. The Morgan fingerprint density at radius 3 is 3.00 bits per heavy atom. The minimum Gasteiger partial charge on any atom is -0.481 e. The van der Waals surface area contributed by atoms with Gasteiger partial charge in [-0.2, -0.15) is 0 Å². The van der Waals surface area contributed by atoms with Gasteiger partial charge in [0.2, 0.25) is 0 Å². The molecule has 5 nitrogen and oxygen atoms in total. The first kappa shape index (κ1) is 12.2. The van der Waals surface area contributed by atoms with Crippen LogP contribution in [0.2, 0.25) is 0 Å². The van der Waals surface area contributed by atoms with E-state index in [0.29, 0.717) is 13.0 Å². The van der Waals surface area contributed by atoms with E-state index in [0.717, 1.165) is 22.4 Å². The van der Waals surface area contributed by atoms with Gasteiger partial charge in [-0.1, -0.05) is 6.07 Å². The Hall–Kier alpha value is -1.88. The molecule has 0 radical (unpaired) electrons. The summed E-state index contributed by atoms with van der Waals surface area (Å²) in [4.78, 5) is 15.5. The van der Waals surface area contributed by atoms with Gasteiger partial charge in [-0.15, -0.1) is 0 Å². The van der Waals surface area contributed by atoms with Gasteiger partial charge in [0.1, 0.15) is 5.82 Å². The summed E-state index contributed by atoms with van der Waals surface area (Å²) in [5.41, 5.74) is 3.21. The number of carbonyl (C=O) groups is 1. The van der Waals surface area contributed by atoms with E-state index < -0.39 is 5.97 Å². The molecule has 100 valence electrons. The number of hydrogen-bond donors (Lipinski definition) is 2. The molecule has 1 fully saturated rings. The number of aromatic nitrogens is 2. The second-order valence-electron chi connectivity index (χ2n) is 5.20. The molecule has 1 aliphatic rings. The van der Waals surface area contributed by atoms with Gasteiger partial charge in [-0.25, -0.2) is 4.98 Å². The predicted molar refractivity (Wildman–Crippen MR) is 71.9 cm³/mol. The van der Waals surface area contributed by atoms with Gasteiger partial charge in [0.25, 0.3) is 0 Å². The predicted octanol–water partition coefficient (Wildman–Crippen LogP) is 1.62. The van der Waals surface area contributed by atoms with Crippen LogP contribution in [0.5, 0.6) is 0 Å². The number of carboxylic acids is 1. The molecule has 3 rings (SSSR count). The molecule has 2 unspecified atom stereocenters. The van der Waals surface area contributed by atoms with Gasteiger partial charge in [0.15, 0.2) is 0 Å². The zero-order valence-corrected chi connectivity index (χ0v) is 11.1. The third-order valence-electron chi connectivity index (χ3n) is 4.01. The minimum absolute atomic E-state index is 0.126. The Morgan fingerprint density at radius 1 is 1.53 bits per heavy atom. The first-order chi connectivity index (χ1) is 9.06. The van der Waals surface area contributed by atoms with Gasteiger partial charge < -0.3 is 15.0 Å². The molecule has 2 heterocycles. The maximum Gasteiger partial charge on any atom is 0.307 e. The Kier molecular flexibility index (Phi) is 2.78. The molecule has 1 aliphatic heterocycles. The first-order valence-corrected chi connectivity index (χ1v) is 6.45. The van der Waals surface area contributed by atoms with E-state index in [2.05, 4.69) is 20.9 Å². The van der Waals surface area contributed by atoms with Crippen molar-refractivity contribution in [3.8, 4) is 0 Å². The monoisotopic (exact) mass is 259 g/mol. The van der Waals surface area contributed by atoms with Crippen LogP contribution in [-0.4, -0.2) is 27.2 Å². The normalized spacial score (nSPS) is 23.1. The lowest BCUT2D eigenvalue weighted by Crippen LogP contribution is -2.17. The van der Waals surface area contributed by atoms with Gasteiger partial charge in [0.05, 0.1) is 17.0 Å². The lowest BCUT2D eigenvalue weighted by Gasteiger charge is -2.11. The van der Waals surface area contributed by atoms with E-state index >= 15 is 0 Å². The van der Waals surface area contributed by atoms with Crippen molar-refractivity contribution in [1.29, 1.82) is 0 Å². The van der Waals surface area contributed by atoms with Crippen LogP contribution in [0.15, 0.2) is 18.2 Å². The number of carboxylic acid groups (broad SMARTS) is 1. The van der Waals surface area contributed by atoms with Crippen LogP contribution in [-0.2, 0) is 11.8 Å². The van der Waals surface area contributed by atoms with E-state index in [1.165, 1.54) is 0 Å². The van der Waals surface area contributed by atoms with E-state index in [-0.39, 0.29) is 12.0 Å². The zero-order valence-electron chi connectivity index (χ0n) is 11.1. The standard InChI is InChI=1S/C14H17N3O2/c1-8-16-11-4-3-9(6-13(11)17(8)2)12-5-10(7-15-12)14(18)19/h3-4,6,10,12,15H,5,7H2,1-2H3,(H,18,19). The average molecular weight is 259 g/mol. The molecule has 0 bridgehead atoms. The largest absolute Gasteiger partial charge is 0.481 e. The highest BCUT2D eigenvalue weighted by atomic mass is 16.4. The van der Waals surface area contributed by atoms with Crippen molar-refractivity contribution in [3.63, 3.8) is 0 Å². The van der Waals surface area contributed by atoms with Crippen molar-refractivity contribution in [1.82, 2.24) is 14.9 Å². The minimum atomic E-state index is -0.715. The van der Waals surface area contributed by atoms with Crippen molar-refractivity contribution >= 4 is 17.0 Å². The van der Waals surface area contributed by atoms with Gasteiger partial charge in [-0.3, -0.25) is 4.79 Å². The van der Waals surface area contributed by atoms with Crippen LogP contribution in [0.3, 0.4) is 0 Å². The second kappa shape index (κ2) is 4.35. The van der Waals surface area contributed by atoms with Crippen LogP contribution >= 0.6 is 0 Å². The molecule has 2 aromatic rings. The fraction of sp³-hybridized carbons (Fsp3) is 0.429. The van der Waals surface area contributed by atoms with Crippen molar-refractivity contribution < 1.29 is 9.90 Å². The number of nitrogens with zero attached hydrogens (tertiary/aromatic N) is 2. The Bertz CT molecular complexity index is 647. The quantitative estimate of drug-likeness (QED) is 0.860. The van der Waals surface area contributed by atoms with Crippen LogP contribution in [0.4, 0.5) is 0 Å². The number of fused-ring (bicyclic) bond motifs is 1. The number of imidazole rings is 1. The molecule has 0 saturated carbocycles.